The summed E-state index contributed by atoms with van der Waals surface area (Å²) in [6, 6.07) is 4.01. The summed E-state index contributed by atoms with van der Waals surface area (Å²) < 4.78 is 62.1. The van der Waals surface area contributed by atoms with Crippen molar-refractivity contribution in [1.29, 1.82) is 0 Å². The zero-order valence-electron chi connectivity index (χ0n) is 8.45. The van der Waals surface area contributed by atoms with Crippen molar-refractivity contribution in [3.8, 4) is 5.75 Å². The number of hydrogen-bond acceptors (Lipinski definition) is 3. The number of halogens is 4. The number of aromatic nitrogens is 1. The van der Waals surface area contributed by atoms with Gasteiger partial charge in [0.1, 0.15) is 0 Å². The summed E-state index contributed by atoms with van der Waals surface area (Å²) in [6.07, 6.45) is 1.53. The van der Waals surface area contributed by atoms with E-state index in [1.165, 1.54) is 12.3 Å². The molecule has 0 aliphatic carbocycles. The van der Waals surface area contributed by atoms with E-state index in [0.29, 0.717) is 10.9 Å². The van der Waals surface area contributed by atoms with Gasteiger partial charge in [-0.15, -0.1) is 0 Å². The summed E-state index contributed by atoms with van der Waals surface area (Å²) in [5, 5.41) is 0.395. The molecule has 4 nitrogen and oxygen atoms in total. The fourth-order valence-electron chi connectivity index (χ4n) is 1.28. The van der Waals surface area contributed by atoms with Gasteiger partial charge in [0.25, 0.3) is 0 Å². The number of nitrogens with one attached hydrogen (secondary N) is 1. The normalized spacial score (nSPS) is 12.9. The average Bonchev–Trinajstić information content (AvgIpc) is 2.63. The van der Waals surface area contributed by atoms with Crippen LogP contribution in [0.15, 0.2) is 24.4 Å². The van der Waals surface area contributed by atoms with Crippen LogP contribution in [0.1, 0.15) is 0 Å². The van der Waals surface area contributed by atoms with Crippen LogP contribution in [0.25, 0.3) is 10.9 Å². The molecule has 0 bridgehead atoms. The molecule has 0 spiro atoms. The largest absolute Gasteiger partial charge is 0.534 e. The van der Waals surface area contributed by atoms with Crippen molar-refractivity contribution in [3.63, 3.8) is 0 Å². The van der Waals surface area contributed by atoms with Crippen LogP contribution >= 0.6 is 11.6 Å². The number of H-pyrrole nitrogens is 1. The number of benzene rings is 1. The Hall–Kier alpha value is -1.41. The van der Waals surface area contributed by atoms with E-state index in [2.05, 4.69) is 9.17 Å². The van der Waals surface area contributed by atoms with Gasteiger partial charge in [-0.1, -0.05) is 11.6 Å². The predicted octanol–water partition coefficient (Wildman–Crippen LogP) is 3.05. The maximum atomic E-state index is 12.1. The Morgan fingerprint density at radius 1 is 1.28 bits per heavy atom. The number of aromatic amines is 1. The summed E-state index contributed by atoms with van der Waals surface area (Å²) in [7, 11) is -5.72. The highest BCUT2D eigenvalue weighted by Crippen LogP contribution is 2.33. The first-order valence-corrected chi connectivity index (χ1v) is 6.27. The maximum absolute atomic E-state index is 12.1. The van der Waals surface area contributed by atoms with Crippen LogP contribution in [0.4, 0.5) is 13.2 Å². The highest BCUT2D eigenvalue weighted by atomic mass is 35.5. The summed E-state index contributed by atoms with van der Waals surface area (Å²) >= 11 is 5.65. The van der Waals surface area contributed by atoms with Gasteiger partial charge in [-0.3, -0.25) is 0 Å². The molecule has 0 radical (unpaired) electrons. The Bertz CT molecular complexity index is 693. The SMILES string of the molecule is O=S(=O)(Oc1cc2[nH]ccc2cc1Cl)C(F)(F)F. The number of fused-ring (bicyclic) bond motifs is 1. The molecule has 98 valence electrons. The average molecular weight is 300 g/mol. The Morgan fingerprint density at radius 3 is 2.56 bits per heavy atom. The molecule has 0 fully saturated rings. The third-order valence-electron chi connectivity index (χ3n) is 2.09. The van der Waals surface area contributed by atoms with Crippen molar-refractivity contribution < 1.29 is 25.8 Å². The minimum Gasteiger partial charge on any atom is -0.374 e. The molecule has 2 aromatic rings. The molecule has 0 aliphatic rings. The van der Waals surface area contributed by atoms with Crippen LogP contribution in [-0.2, 0) is 10.1 Å². The first-order chi connectivity index (χ1) is 8.21. The fraction of sp³-hybridized carbons (Fsp3) is 0.111. The van der Waals surface area contributed by atoms with Gasteiger partial charge in [0, 0.05) is 23.2 Å². The zero-order valence-corrected chi connectivity index (χ0v) is 10.0. The van der Waals surface area contributed by atoms with Crippen LogP contribution < -0.4 is 4.18 Å². The minimum absolute atomic E-state index is 0.227. The second kappa shape index (κ2) is 4.06. The number of hydrogen-bond donors (Lipinski definition) is 1. The predicted molar refractivity (Wildman–Crippen MR) is 58.9 cm³/mol. The van der Waals surface area contributed by atoms with Crippen LogP contribution in [0.3, 0.4) is 0 Å². The quantitative estimate of drug-likeness (QED) is 0.685. The van der Waals surface area contributed by atoms with E-state index in [0.717, 1.165) is 6.07 Å². The minimum atomic E-state index is -5.72. The van der Waals surface area contributed by atoms with E-state index < -0.39 is 21.4 Å². The fourth-order valence-corrected chi connectivity index (χ4v) is 2.01. The molecular weight excluding hydrogens is 295 g/mol. The Morgan fingerprint density at radius 2 is 1.94 bits per heavy atom. The van der Waals surface area contributed by atoms with E-state index in [4.69, 9.17) is 11.6 Å². The molecule has 1 N–H and O–H groups in total. The van der Waals surface area contributed by atoms with E-state index in [1.807, 2.05) is 0 Å². The molecule has 0 aliphatic heterocycles. The van der Waals surface area contributed by atoms with Crippen molar-refractivity contribution in [2.45, 2.75) is 5.51 Å². The Balaban J connectivity index is 2.46. The van der Waals surface area contributed by atoms with Crippen molar-refractivity contribution in [2.75, 3.05) is 0 Å². The first-order valence-electron chi connectivity index (χ1n) is 4.48. The molecular formula is C9H5ClF3NO3S. The second-order valence-corrected chi connectivity index (χ2v) is 5.28. The molecule has 0 unspecified atom stereocenters. The molecule has 2 rings (SSSR count). The van der Waals surface area contributed by atoms with Gasteiger partial charge in [-0.05, 0) is 12.1 Å². The van der Waals surface area contributed by atoms with Crippen LogP contribution in [0, 0.1) is 0 Å². The van der Waals surface area contributed by atoms with E-state index in [1.54, 1.807) is 6.07 Å². The molecule has 1 aromatic carbocycles. The lowest BCUT2D eigenvalue weighted by molar-refractivity contribution is -0.0500. The van der Waals surface area contributed by atoms with Gasteiger partial charge in [0.2, 0.25) is 0 Å². The van der Waals surface area contributed by atoms with Gasteiger partial charge in [0.15, 0.2) is 5.75 Å². The number of rotatable bonds is 2. The van der Waals surface area contributed by atoms with Gasteiger partial charge in [-0.2, -0.15) is 21.6 Å². The van der Waals surface area contributed by atoms with Crippen molar-refractivity contribution in [2.24, 2.45) is 0 Å². The monoisotopic (exact) mass is 299 g/mol. The van der Waals surface area contributed by atoms with E-state index >= 15 is 0 Å². The highest BCUT2D eigenvalue weighted by molar-refractivity contribution is 7.88. The molecule has 1 aromatic heterocycles. The lowest BCUT2D eigenvalue weighted by Gasteiger charge is -2.10. The van der Waals surface area contributed by atoms with Crippen LogP contribution in [-0.4, -0.2) is 18.9 Å². The van der Waals surface area contributed by atoms with Crippen LogP contribution in [0.2, 0.25) is 5.02 Å². The van der Waals surface area contributed by atoms with Gasteiger partial charge in [0.05, 0.1) is 5.02 Å². The van der Waals surface area contributed by atoms with Crippen molar-refractivity contribution in [3.05, 3.63) is 29.4 Å². The van der Waals surface area contributed by atoms with Crippen molar-refractivity contribution in [1.82, 2.24) is 4.98 Å². The Kier molecular flexibility index (Phi) is 2.94. The van der Waals surface area contributed by atoms with Gasteiger partial charge < -0.3 is 9.17 Å². The lowest BCUT2D eigenvalue weighted by Crippen LogP contribution is -2.28. The summed E-state index contributed by atoms with van der Waals surface area (Å²) in [4.78, 5) is 2.70. The smallest absolute Gasteiger partial charge is 0.374 e. The summed E-state index contributed by atoms with van der Waals surface area (Å²) in [5.74, 6) is -0.580. The van der Waals surface area contributed by atoms with Crippen LogP contribution in [0.5, 0.6) is 5.75 Å². The number of alkyl halides is 3. The molecule has 1 heterocycles. The molecule has 0 atom stereocenters. The third kappa shape index (κ3) is 2.25. The van der Waals surface area contributed by atoms with Crippen molar-refractivity contribution >= 4 is 32.6 Å². The highest BCUT2D eigenvalue weighted by Gasteiger charge is 2.48. The summed E-state index contributed by atoms with van der Waals surface area (Å²) in [6.45, 7) is 0. The molecule has 0 amide bonds. The zero-order chi connectivity index (χ0) is 13.6. The standard InChI is InChI=1S/C9H5ClF3NO3S/c10-6-3-5-1-2-14-7(5)4-8(6)17-18(15,16)9(11,12)13/h1-4,14H. The maximum Gasteiger partial charge on any atom is 0.534 e. The summed E-state index contributed by atoms with van der Waals surface area (Å²) in [5.41, 5.74) is -5.09. The van der Waals surface area contributed by atoms with Gasteiger partial charge in [-0.25, -0.2) is 0 Å². The molecule has 0 saturated carbocycles. The first kappa shape index (κ1) is 13.0. The third-order valence-corrected chi connectivity index (χ3v) is 3.35. The molecule has 0 saturated heterocycles. The van der Waals surface area contributed by atoms with Gasteiger partial charge >= 0.3 is 15.6 Å². The molecule has 18 heavy (non-hydrogen) atoms. The topological polar surface area (TPSA) is 59.2 Å². The van der Waals surface area contributed by atoms with E-state index in [-0.39, 0.29) is 5.02 Å². The molecule has 9 heteroatoms. The lowest BCUT2D eigenvalue weighted by atomic mass is 10.2. The van der Waals surface area contributed by atoms with E-state index in [9.17, 15) is 21.6 Å². The second-order valence-electron chi connectivity index (χ2n) is 3.33. The Labute approximate surface area is 104 Å².